The molecule has 8 aromatic carbocycles. The fourth-order valence-corrected chi connectivity index (χ4v) is 17.0. The lowest BCUT2D eigenvalue weighted by molar-refractivity contribution is 0.332. The Morgan fingerprint density at radius 1 is 0.513 bits per heavy atom. The minimum Gasteiger partial charge on any atom is -0.456 e. The third kappa shape index (κ3) is 5.66. The average Bonchev–Trinajstić information content (AvgIpc) is 4.29. The van der Waals surface area contributed by atoms with Gasteiger partial charge in [-0.15, -0.1) is 11.3 Å². The topological polar surface area (TPSA) is 21.3 Å². The lowest BCUT2D eigenvalue weighted by atomic mass is 9.43. The first kappa shape index (κ1) is 45.6. The summed E-state index contributed by atoms with van der Waals surface area (Å²) in [6, 6.07) is 48.5. The van der Waals surface area contributed by atoms with Crippen molar-refractivity contribution in [2.45, 2.75) is 148 Å². The number of benzene rings is 8. The Hall–Kier alpha value is -6.56. The molecule has 16 rings (SSSR count). The number of para-hydroxylation sites is 1. The van der Waals surface area contributed by atoms with Gasteiger partial charge in [0.1, 0.15) is 11.2 Å². The van der Waals surface area contributed by atoms with Crippen LogP contribution in [0.2, 0.25) is 0 Å². The molecule has 3 aromatic heterocycles. The number of hydrogen-bond acceptors (Lipinski definition) is 3. The van der Waals surface area contributed by atoms with E-state index in [2.05, 4.69) is 221 Å². The molecule has 3 aliphatic carbocycles. The van der Waals surface area contributed by atoms with Crippen LogP contribution in [-0.2, 0) is 32.5 Å². The first-order valence-electron chi connectivity index (χ1n) is 28.3. The van der Waals surface area contributed by atoms with Crippen LogP contribution in [0.3, 0.4) is 0 Å². The Labute approximate surface area is 452 Å². The smallest absolute Gasteiger partial charge is 0.333 e. The van der Waals surface area contributed by atoms with Crippen molar-refractivity contribution in [1.82, 2.24) is 4.57 Å². The summed E-state index contributed by atoms with van der Waals surface area (Å²) in [7, 11) is 0. The summed E-state index contributed by atoms with van der Waals surface area (Å²) < 4.78 is 12.5. The molecular weight excluding hydrogens is 940 g/mol. The molecule has 3 nitrogen and oxygen atoms in total. The molecule has 11 aromatic rings. The summed E-state index contributed by atoms with van der Waals surface area (Å²) in [5.41, 5.74) is 26.8. The molecule has 0 fully saturated rings. The highest BCUT2D eigenvalue weighted by Crippen LogP contribution is 2.61. The van der Waals surface area contributed by atoms with Crippen LogP contribution in [0.5, 0.6) is 0 Å². The molecule has 0 atom stereocenters. The number of thiophene rings is 1. The maximum atomic E-state index is 6.97. The summed E-state index contributed by atoms with van der Waals surface area (Å²) in [5.74, 6) is 0. The van der Waals surface area contributed by atoms with Gasteiger partial charge in [-0.3, -0.25) is 0 Å². The molecule has 0 saturated heterocycles. The highest BCUT2D eigenvalue weighted by Gasteiger charge is 2.51. The van der Waals surface area contributed by atoms with Crippen molar-refractivity contribution in [3.05, 3.63) is 160 Å². The van der Waals surface area contributed by atoms with Gasteiger partial charge in [0.25, 0.3) is 0 Å². The fourth-order valence-electron chi connectivity index (χ4n) is 15.9. The number of rotatable bonds is 1. The first-order chi connectivity index (χ1) is 36.0. The summed E-state index contributed by atoms with van der Waals surface area (Å²) in [6.45, 7) is 31.7. The van der Waals surface area contributed by atoms with E-state index in [-0.39, 0.29) is 39.3 Å². The van der Waals surface area contributed by atoms with E-state index in [1.807, 2.05) is 11.3 Å². The van der Waals surface area contributed by atoms with E-state index in [0.717, 1.165) is 23.0 Å². The molecule has 0 spiro atoms. The molecule has 376 valence electrons. The molecule has 5 aliphatic rings. The molecular formula is C71H67BN2OS. The summed E-state index contributed by atoms with van der Waals surface area (Å²) in [4.78, 5) is 2.77. The van der Waals surface area contributed by atoms with Gasteiger partial charge in [-0.2, -0.15) is 0 Å². The molecule has 5 heteroatoms. The Kier molecular flexibility index (Phi) is 8.48. The van der Waals surface area contributed by atoms with Crippen molar-refractivity contribution < 1.29 is 4.42 Å². The summed E-state index contributed by atoms with van der Waals surface area (Å²) in [5, 5.41) is 7.84. The predicted molar refractivity (Wildman–Crippen MR) is 327 cm³/mol. The lowest BCUT2D eigenvalue weighted by Crippen LogP contribution is -2.61. The SMILES string of the molecule is CC(C)(C)c1ccc(N2B3c4cc5oc6ccccc6c5cc4-n4c5cc6c(cc5c5c7c(c(c3c54)-c3cc4sc5cc8c(cc5c4cc32)C(C)(C)CCC8(C)C)C(C)(C)c2ccccc2-7)C(C)(C)CCC6(C)C)cc1. The van der Waals surface area contributed by atoms with E-state index in [0.29, 0.717) is 0 Å². The standard InChI is InChI=1S/C71H67BN2OS/c1-66(2,3)38-22-24-39(25-23-38)74-54-33-44-43-30-48-51(70(10,11)29-27-67(48,4)5)36-59(43)76-58(44)34-46(54)62-63-60(41-19-14-16-20-47(41)71(63,12)13)61-45-31-49-50(69(8,9)28-26-68(49,6)7)35-53(45)73-55-32-42-40-18-15-17-21-56(40)75-57(42)37-52(55)72(74)64(62)65(61)73/h14-25,30-37H,26-29H2,1-13H3. The Balaban J connectivity index is 1.14. The van der Waals surface area contributed by atoms with Crippen molar-refractivity contribution in [2.24, 2.45) is 0 Å². The molecule has 0 saturated carbocycles. The molecule has 0 amide bonds. The number of furan rings is 1. The number of fused-ring (bicyclic) bond motifs is 21. The number of nitrogens with zero attached hydrogens (tertiary/aromatic N) is 2. The van der Waals surface area contributed by atoms with Gasteiger partial charge < -0.3 is 13.8 Å². The minimum absolute atomic E-state index is 0.00898. The number of hydrogen-bond donors (Lipinski definition) is 0. The minimum atomic E-state index is -0.289. The van der Waals surface area contributed by atoms with Gasteiger partial charge in [0.05, 0.1) is 11.0 Å². The maximum absolute atomic E-state index is 6.97. The van der Waals surface area contributed by atoms with E-state index < -0.39 is 0 Å². The monoisotopic (exact) mass is 1010 g/mol. The molecule has 2 aliphatic heterocycles. The third-order valence-corrected chi connectivity index (χ3v) is 21.5. The summed E-state index contributed by atoms with van der Waals surface area (Å²) >= 11 is 2.00. The van der Waals surface area contributed by atoms with Crippen molar-refractivity contribution in [2.75, 3.05) is 4.81 Å². The Morgan fingerprint density at radius 3 is 1.80 bits per heavy atom. The highest BCUT2D eigenvalue weighted by molar-refractivity contribution is 7.25. The number of aromatic nitrogens is 1. The fraction of sp³-hybridized carbons (Fsp3) is 0.324. The first-order valence-corrected chi connectivity index (χ1v) is 29.1. The zero-order valence-electron chi connectivity index (χ0n) is 46.7. The zero-order valence-corrected chi connectivity index (χ0v) is 47.5. The second kappa shape index (κ2) is 14.1. The van der Waals surface area contributed by atoms with Crippen LogP contribution in [-0.4, -0.2) is 11.4 Å². The van der Waals surface area contributed by atoms with Crippen molar-refractivity contribution >= 4 is 104 Å². The van der Waals surface area contributed by atoms with Gasteiger partial charge in [-0.05, 0) is 186 Å². The van der Waals surface area contributed by atoms with Crippen LogP contribution in [0, 0.1) is 0 Å². The highest BCUT2D eigenvalue weighted by atomic mass is 32.1. The molecule has 0 radical (unpaired) electrons. The normalized spacial score (nSPS) is 18.9. The Morgan fingerprint density at radius 2 is 1.11 bits per heavy atom. The van der Waals surface area contributed by atoms with Crippen molar-refractivity contribution in [3.63, 3.8) is 0 Å². The van der Waals surface area contributed by atoms with E-state index in [1.165, 1.54) is 156 Å². The van der Waals surface area contributed by atoms with Crippen LogP contribution in [0.15, 0.2) is 126 Å². The molecule has 0 bridgehead atoms. The number of anilines is 2. The van der Waals surface area contributed by atoms with Crippen LogP contribution in [0.25, 0.3) is 91.9 Å². The average molecular weight is 1010 g/mol. The van der Waals surface area contributed by atoms with E-state index in [9.17, 15) is 0 Å². The van der Waals surface area contributed by atoms with Gasteiger partial charge >= 0.3 is 6.85 Å². The molecule has 0 N–H and O–H groups in total. The Bertz CT molecular complexity index is 4480. The van der Waals surface area contributed by atoms with Crippen molar-refractivity contribution in [1.29, 1.82) is 0 Å². The van der Waals surface area contributed by atoms with Gasteiger partial charge in [-0.1, -0.05) is 145 Å². The lowest BCUT2D eigenvalue weighted by Gasteiger charge is -2.44. The molecule has 0 unspecified atom stereocenters. The van der Waals surface area contributed by atoms with E-state index >= 15 is 0 Å². The predicted octanol–water partition coefficient (Wildman–Crippen LogP) is 18.6. The van der Waals surface area contributed by atoms with Crippen LogP contribution in [0.1, 0.15) is 155 Å². The third-order valence-electron chi connectivity index (χ3n) is 20.4. The quantitative estimate of drug-likeness (QED) is 0.153. The summed E-state index contributed by atoms with van der Waals surface area (Å²) in [6.07, 6.45) is 4.72. The zero-order chi connectivity index (χ0) is 52.3. The van der Waals surface area contributed by atoms with E-state index in [1.54, 1.807) is 0 Å². The van der Waals surface area contributed by atoms with E-state index in [4.69, 9.17) is 4.42 Å². The van der Waals surface area contributed by atoms with Crippen LogP contribution < -0.4 is 15.7 Å². The van der Waals surface area contributed by atoms with Gasteiger partial charge in [-0.25, -0.2) is 0 Å². The maximum Gasteiger partial charge on any atom is 0.333 e. The second-order valence-corrected chi connectivity index (χ2v) is 29.2. The van der Waals surface area contributed by atoms with Gasteiger partial charge in [0.2, 0.25) is 0 Å². The van der Waals surface area contributed by atoms with Gasteiger partial charge in [0.15, 0.2) is 0 Å². The molecule has 76 heavy (non-hydrogen) atoms. The largest absolute Gasteiger partial charge is 0.456 e. The second-order valence-electron chi connectivity index (χ2n) is 28.2. The van der Waals surface area contributed by atoms with Crippen LogP contribution >= 0.6 is 11.3 Å². The van der Waals surface area contributed by atoms with Crippen molar-refractivity contribution in [3.8, 4) is 27.9 Å². The van der Waals surface area contributed by atoms with Gasteiger partial charge in [0, 0.05) is 69.8 Å². The van der Waals surface area contributed by atoms with Crippen LogP contribution in [0.4, 0.5) is 11.4 Å². The molecule has 5 heterocycles.